The van der Waals surface area contributed by atoms with Crippen LogP contribution in [0, 0.1) is 11.6 Å². The van der Waals surface area contributed by atoms with E-state index in [0.717, 1.165) is 23.5 Å². The Morgan fingerprint density at radius 2 is 1.79 bits per heavy atom. The van der Waals surface area contributed by atoms with Gasteiger partial charge in [0.05, 0.1) is 12.1 Å². The number of nitrogens with zero attached hydrogens (tertiary/aromatic N) is 1. The molecule has 0 fully saturated rings. The Hall–Kier alpha value is -3.04. The number of thiazole rings is 1. The molecule has 144 valence electrons. The van der Waals surface area contributed by atoms with Crippen LogP contribution in [-0.4, -0.2) is 16.9 Å². The highest BCUT2D eigenvalue weighted by Crippen LogP contribution is 2.19. The molecule has 0 saturated heterocycles. The number of carbonyl (C=O) groups is 2. The van der Waals surface area contributed by atoms with Crippen molar-refractivity contribution in [2.45, 2.75) is 6.42 Å². The van der Waals surface area contributed by atoms with Crippen LogP contribution in [0.5, 0.6) is 0 Å². The number of benzene rings is 2. The molecule has 3 N–H and O–H groups in total. The Kier molecular flexibility index (Phi) is 6.17. The third-order valence-electron chi connectivity index (χ3n) is 3.40. The summed E-state index contributed by atoms with van der Waals surface area (Å²) in [7, 11) is 0. The number of rotatable bonds is 5. The molecule has 3 aromatic rings. The number of amides is 3. The maximum Gasteiger partial charge on any atom is 0.325 e. The lowest BCUT2D eigenvalue weighted by Gasteiger charge is -2.05. The average molecular weight is 423 g/mol. The zero-order valence-electron chi connectivity index (χ0n) is 14.1. The molecule has 0 aliphatic carbocycles. The van der Waals surface area contributed by atoms with Crippen LogP contribution < -0.4 is 16.0 Å². The van der Waals surface area contributed by atoms with E-state index in [1.54, 1.807) is 29.6 Å². The molecule has 28 heavy (non-hydrogen) atoms. The average Bonchev–Trinajstić information content (AvgIpc) is 3.04. The van der Waals surface area contributed by atoms with Crippen LogP contribution in [0.2, 0.25) is 5.02 Å². The Bertz CT molecular complexity index is 1030. The van der Waals surface area contributed by atoms with Gasteiger partial charge < -0.3 is 10.6 Å². The first-order valence-electron chi connectivity index (χ1n) is 7.92. The van der Waals surface area contributed by atoms with Crippen LogP contribution in [0.4, 0.5) is 30.1 Å². The highest BCUT2D eigenvalue weighted by molar-refractivity contribution is 7.14. The number of carbonyl (C=O) groups excluding carboxylic acids is 2. The van der Waals surface area contributed by atoms with Gasteiger partial charge in [-0.05, 0) is 30.3 Å². The molecule has 0 unspecified atom stereocenters. The number of urea groups is 1. The maximum atomic E-state index is 13.2. The first-order valence-corrected chi connectivity index (χ1v) is 9.18. The van der Waals surface area contributed by atoms with Gasteiger partial charge in [0.15, 0.2) is 16.8 Å². The minimum Gasteiger partial charge on any atom is -0.326 e. The Labute approximate surface area is 167 Å². The van der Waals surface area contributed by atoms with Crippen molar-refractivity contribution in [2.75, 3.05) is 16.0 Å². The van der Waals surface area contributed by atoms with Gasteiger partial charge in [-0.3, -0.25) is 10.1 Å². The molecule has 0 atom stereocenters. The van der Waals surface area contributed by atoms with Gasteiger partial charge in [0, 0.05) is 27.8 Å². The normalized spacial score (nSPS) is 10.4. The van der Waals surface area contributed by atoms with E-state index in [4.69, 9.17) is 11.6 Å². The van der Waals surface area contributed by atoms with E-state index in [1.807, 2.05) is 0 Å². The molecular formula is C18H13ClF2N4O2S. The molecule has 0 spiro atoms. The van der Waals surface area contributed by atoms with E-state index in [2.05, 4.69) is 20.9 Å². The summed E-state index contributed by atoms with van der Waals surface area (Å²) < 4.78 is 26.1. The molecule has 6 nitrogen and oxygen atoms in total. The van der Waals surface area contributed by atoms with Crippen LogP contribution in [-0.2, 0) is 11.2 Å². The van der Waals surface area contributed by atoms with Crippen molar-refractivity contribution in [3.63, 3.8) is 0 Å². The number of halogens is 3. The number of anilines is 3. The first-order chi connectivity index (χ1) is 13.4. The largest absolute Gasteiger partial charge is 0.326 e. The second kappa shape index (κ2) is 8.77. The second-order valence-corrected chi connectivity index (χ2v) is 6.88. The summed E-state index contributed by atoms with van der Waals surface area (Å²) in [6.07, 6.45) is -0.0902. The molecular weight excluding hydrogens is 410 g/mol. The van der Waals surface area contributed by atoms with E-state index in [-0.39, 0.29) is 12.1 Å². The van der Waals surface area contributed by atoms with Crippen LogP contribution in [0.25, 0.3) is 0 Å². The highest BCUT2D eigenvalue weighted by Gasteiger charge is 2.11. The SMILES string of the molecule is O=C(Cc1csc(NC(=O)Nc2cccc(Cl)c2)n1)Nc1ccc(F)c(F)c1. The summed E-state index contributed by atoms with van der Waals surface area (Å²) in [5, 5.41) is 10.0. The summed E-state index contributed by atoms with van der Waals surface area (Å²) in [6.45, 7) is 0. The second-order valence-electron chi connectivity index (χ2n) is 5.59. The number of aromatic nitrogens is 1. The summed E-state index contributed by atoms with van der Waals surface area (Å²) >= 11 is 7.00. The Morgan fingerprint density at radius 1 is 1.00 bits per heavy atom. The monoisotopic (exact) mass is 422 g/mol. The maximum absolute atomic E-state index is 13.2. The number of hydrogen-bond donors (Lipinski definition) is 3. The smallest absolute Gasteiger partial charge is 0.325 e. The molecule has 1 aromatic heterocycles. The molecule has 0 aliphatic heterocycles. The van der Waals surface area contributed by atoms with Crippen LogP contribution in [0.3, 0.4) is 0 Å². The van der Waals surface area contributed by atoms with Crippen LogP contribution in [0.15, 0.2) is 47.8 Å². The standard InChI is InChI=1S/C18H13ClF2N4O2S/c19-10-2-1-3-11(6-10)23-17(27)25-18-24-13(9-28-18)8-16(26)22-12-4-5-14(20)15(21)7-12/h1-7,9H,8H2,(H,22,26)(H2,23,24,25,27). The quantitative estimate of drug-likeness (QED) is 0.547. The molecule has 10 heteroatoms. The molecule has 0 bridgehead atoms. The van der Waals surface area contributed by atoms with E-state index >= 15 is 0 Å². The van der Waals surface area contributed by atoms with Gasteiger partial charge in [-0.1, -0.05) is 17.7 Å². The lowest BCUT2D eigenvalue weighted by Crippen LogP contribution is -2.19. The van der Waals surface area contributed by atoms with Crippen molar-refractivity contribution >= 4 is 51.4 Å². The van der Waals surface area contributed by atoms with Gasteiger partial charge in [0.1, 0.15) is 0 Å². The summed E-state index contributed by atoms with van der Waals surface area (Å²) in [5.41, 5.74) is 1.08. The zero-order valence-corrected chi connectivity index (χ0v) is 15.7. The van der Waals surface area contributed by atoms with Gasteiger partial charge >= 0.3 is 6.03 Å². The van der Waals surface area contributed by atoms with E-state index in [0.29, 0.717) is 21.5 Å². The van der Waals surface area contributed by atoms with E-state index in [9.17, 15) is 18.4 Å². The van der Waals surface area contributed by atoms with Crippen molar-refractivity contribution in [3.05, 3.63) is 70.2 Å². The van der Waals surface area contributed by atoms with Crippen molar-refractivity contribution in [1.82, 2.24) is 4.98 Å². The minimum atomic E-state index is -1.05. The third kappa shape index (κ3) is 5.48. The Balaban J connectivity index is 1.53. The van der Waals surface area contributed by atoms with Crippen molar-refractivity contribution in [3.8, 4) is 0 Å². The number of nitrogens with one attached hydrogen (secondary N) is 3. The topological polar surface area (TPSA) is 83.1 Å². The first kappa shape index (κ1) is 19.7. The summed E-state index contributed by atoms with van der Waals surface area (Å²) in [4.78, 5) is 28.1. The zero-order chi connectivity index (χ0) is 20.1. The van der Waals surface area contributed by atoms with Crippen molar-refractivity contribution in [1.29, 1.82) is 0 Å². The molecule has 2 aromatic carbocycles. The van der Waals surface area contributed by atoms with Gasteiger partial charge in [0.2, 0.25) is 5.91 Å². The van der Waals surface area contributed by atoms with Gasteiger partial charge in [0.25, 0.3) is 0 Å². The van der Waals surface area contributed by atoms with Gasteiger partial charge in [-0.25, -0.2) is 18.6 Å². The van der Waals surface area contributed by atoms with Crippen molar-refractivity contribution in [2.24, 2.45) is 0 Å². The number of hydrogen-bond acceptors (Lipinski definition) is 4. The summed E-state index contributed by atoms with van der Waals surface area (Å²) in [5.74, 6) is -2.50. The molecule has 1 heterocycles. The molecule has 0 radical (unpaired) electrons. The molecule has 3 amide bonds. The fourth-order valence-electron chi connectivity index (χ4n) is 2.21. The third-order valence-corrected chi connectivity index (χ3v) is 4.44. The predicted molar refractivity (Wildman–Crippen MR) is 105 cm³/mol. The fourth-order valence-corrected chi connectivity index (χ4v) is 3.11. The van der Waals surface area contributed by atoms with Gasteiger partial charge in [-0.15, -0.1) is 11.3 Å². The van der Waals surface area contributed by atoms with E-state index in [1.165, 1.54) is 6.07 Å². The lowest BCUT2D eigenvalue weighted by atomic mass is 10.2. The summed E-state index contributed by atoms with van der Waals surface area (Å²) in [6, 6.07) is 9.22. The van der Waals surface area contributed by atoms with Crippen molar-refractivity contribution < 1.29 is 18.4 Å². The minimum absolute atomic E-state index is 0.0902. The Morgan fingerprint density at radius 3 is 2.54 bits per heavy atom. The molecule has 3 rings (SSSR count). The predicted octanol–water partition coefficient (Wildman–Crippen LogP) is 4.90. The highest BCUT2D eigenvalue weighted by atomic mass is 35.5. The molecule has 0 saturated carbocycles. The van der Waals surface area contributed by atoms with Crippen LogP contribution >= 0.6 is 22.9 Å². The van der Waals surface area contributed by atoms with Gasteiger partial charge in [-0.2, -0.15) is 0 Å². The van der Waals surface area contributed by atoms with E-state index < -0.39 is 23.6 Å². The lowest BCUT2D eigenvalue weighted by molar-refractivity contribution is -0.115. The fraction of sp³-hybridized carbons (Fsp3) is 0.0556. The van der Waals surface area contributed by atoms with Crippen LogP contribution in [0.1, 0.15) is 5.69 Å². The molecule has 0 aliphatic rings.